The van der Waals surface area contributed by atoms with Crippen LogP contribution in [-0.2, 0) is 22.6 Å². The van der Waals surface area contributed by atoms with Crippen LogP contribution >= 0.6 is 0 Å². The summed E-state index contributed by atoms with van der Waals surface area (Å²) < 4.78 is 0. The standard InChI is InChI=1S/C15H20N2O3/c1-15(2,16)8-13(18)17-9-11-6-4-3-5-10(11)7-12(17)14(19)20/h3-6,12H,7-9,16H2,1-2H3,(H,19,20)/t12-/m0/s1. The molecule has 0 aliphatic carbocycles. The van der Waals surface area contributed by atoms with Gasteiger partial charge in [-0.2, -0.15) is 0 Å². The summed E-state index contributed by atoms with van der Waals surface area (Å²) in [5.74, 6) is -1.18. The predicted octanol–water partition coefficient (Wildman–Crippen LogP) is 1.15. The fourth-order valence-corrected chi connectivity index (χ4v) is 2.50. The van der Waals surface area contributed by atoms with Crippen molar-refractivity contribution in [2.24, 2.45) is 5.73 Å². The van der Waals surface area contributed by atoms with Crippen LogP contribution in [0.15, 0.2) is 24.3 Å². The van der Waals surface area contributed by atoms with Crippen molar-refractivity contribution in [3.8, 4) is 0 Å². The van der Waals surface area contributed by atoms with Crippen molar-refractivity contribution in [3.05, 3.63) is 35.4 Å². The maximum Gasteiger partial charge on any atom is 0.326 e. The quantitative estimate of drug-likeness (QED) is 0.867. The minimum absolute atomic E-state index is 0.138. The van der Waals surface area contributed by atoms with Gasteiger partial charge < -0.3 is 15.7 Å². The minimum Gasteiger partial charge on any atom is -0.480 e. The van der Waals surface area contributed by atoms with Crippen LogP contribution in [0.1, 0.15) is 31.4 Å². The van der Waals surface area contributed by atoms with E-state index in [-0.39, 0.29) is 12.3 Å². The van der Waals surface area contributed by atoms with Gasteiger partial charge in [-0.15, -0.1) is 0 Å². The van der Waals surface area contributed by atoms with E-state index < -0.39 is 17.6 Å². The molecule has 5 heteroatoms. The zero-order valence-electron chi connectivity index (χ0n) is 11.8. The number of hydrogen-bond acceptors (Lipinski definition) is 3. The fourth-order valence-electron chi connectivity index (χ4n) is 2.50. The predicted molar refractivity (Wildman–Crippen MR) is 75.0 cm³/mol. The summed E-state index contributed by atoms with van der Waals surface area (Å²) in [6, 6.07) is 6.83. The molecule has 1 amide bonds. The Hall–Kier alpha value is -1.88. The molecule has 1 aromatic rings. The normalized spacial score (nSPS) is 18.6. The fraction of sp³-hybridized carbons (Fsp3) is 0.467. The van der Waals surface area contributed by atoms with E-state index in [4.69, 9.17) is 5.73 Å². The van der Waals surface area contributed by atoms with Crippen LogP contribution in [0.4, 0.5) is 0 Å². The third-order valence-electron chi connectivity index (χ3n) is 3.46. The van der Waals surface area contributed by atoms with Crippen LogP contribution in [0, 0.1) is 0 Å². The highest BCUT2D eigenvalue weighted by molar-refractivity contribution is 5.85. The molecule has 1 aliphatic heterocycles. The Labute approximate surface area is 118 Å². The van der Waals surface area contributed by atoms with Crippen LogP contribution in [0.3, 0.4) is 0 Å². The molecule has 0 fully saturated rings. The number of carboxylic acid groups (broad SMARTS) is 1. The van der Waals surface area contributed by atoms with Gasteiger partial charge in [-0.05, 0) is 25.0 Å². The Bertz CT molecular complexity index is 534. The molecule has 1 aromatic carbocycles. The van der Waals surface area contributed by atoms with Gasteiger partial charge in [0.05, 0.1) is 0 Å². The third-order valence-corrected chi connectivity index (χ3v) is 3.46. The van der Waals surface area contributed by atoms with Gasteiger partial charge >= 0.3 is 5.97 Å². The molecular formula is C15H20N2O3. The summed E-state index contributed by atoms with van der Waals surface area (Å²) in [7, 11) is 0. The van der Waals surface area contributed by atoms with Crippen LogP contribution < -0.4 is 5.73 Å². The Morgan fingerprint density at radius 3 is 2.50 bits per heavy atom. The van der Waals surface area contributed by atoms with Crippen LogP contribution in [0.25, 0.3) is 0 Å². The molecule has 2 rings (SSSR count). The number of rotatable bonds is 3. The average Bonchev–Trinajstić information content (AvgIpc) is 2.35. The van der Waals surface area contributed by atoms with Gasteiger partial charge in [0, 0.05) is 24.9 Å². The van der Waals surface area contributed by atoms with Crippen molar-refractivity contribution < 1.29 is 14.7 Å². The summed E-state index contributed by atoms with van der Waals surface area (Å²) in [4.78, 5) is 25.2. The number of nitrogens with zero attached hydrogens (tertiary/aromatic N) is 1. The van der Waals surface area contributed by atoms with Gasteiger partial charge in [-0.1, -0.05) is 24.3 Å². The van der Waals surface area contributed by atoms with Gasteiger partial charge in [-0.25, -0.2) is 4.79 Å². The number of carbonyl (C=O) groups is 2. The molecular weight excluding hydrogens is 256 g/mol. The molecule has 0 bridgehead atoms. The maximum absolute atomic E-state index is 12.3. The SMILES string of the molecule is CC(C)(N)CC(=O)N1Cc2ccccc2C[C@H]1C(=O)O. The lowest BCUT2D eigenvalue weighted by Gasteiger charge is -2.36. The molecule has 0 spiro atoms. The number of carbonyl (C=O) groups excluding carboxylic acids is 1. The van der Waals surface area contributed by atoms with Gasteiger partial charge in [-0.3, -0.25) is 4.79 Å². The van der Waals surface area contributed by atoms with E-state index in [0.717, 1.165) is 11.1 Å². The second-order valence-electron chi connectivity index (χ2n) is 6.01. The van der Waals surface area contributed by atoms with E-state index in [1.165, 1.54) is 4.90 Å². The lowest BCUT2D eigenvalue weighted by Crippen LogP contribution is -2.51. The lowest BCUT2D eigenvalue weighted by atomic mass is 9.92. The lowest BCUT2D eigenvalue weighted by molar-refractivity contribution is -0.151. The molecule has 1 heterocycles. The first-order chi connectivity index (χ1) is 9.28. The topological polar surface area (TPSA) is 83.6 Å². The van der Waals surface area contributed by atoms with Gasteiger partial charge in [0.15, 0.2) is 0 Å². The Kier molecular flexibility index (Phi) is 3.81. The van der Waals surface area contributed by atoms with Crippen molar-refractivity contribution in [1.29, 1.82) is 0 Å². The van der Waals surface area contributed by atoms with Gasteiger partial charge in [0.25, 0.3) is 0 Å². The van der Waals surface area contributed by atoms with Crippen molar-refractivity contribution in [1.82, 2.24) is 4.90 Å². The van der Waals surface area contributed by atoms with Crippen LogP contribution in [0.2, 0.25) is 0 Å². The number of carboxylic acids is 1. The van der Waals surface area contributed by atoms with Crippen molar-refractivity contribution in [2.45, 2.75) is 44.8 Å². The van der Waals surface area contributed by atoms with Crippen molar-refractivity contribution in [2.75, 3.05) is 0 Å². The highest BCUT2D eigenvalue weighted by atomic mass is 16.4. The van der Waals surface area contributed by atoms with Gasteiger partial charge in [0.2, 0.25) is 5.91 Å². The zero-order chi connectivity index (χ0) is 14.9. The molecule has 0 unspecified atom stereocenters. The van der Waals surface area contributed by atoms with E-state index in [2.05, 4.69) is 0 Å². The zero-order valence-corrected chi connectivity index (χ0v) is 11.8. The smallest absolute Gasteiger partial charge is 0.326 e. The summed E-state index contributed by atoms with van der Waals surface area (Å²) in [6.07, 6.45) is 0.487. The Morgan fingerprint density at radius 1 is 1.35 bits per heavy atom. The second-order valence-corrected chi connectivity index (χ2v) is 6.01. The highest BCUT2D eigenvalue weighted by Crippen LogP contribution is 2.25. The minimum atomic E-state index is -0.970. The maximum atomic E-state index is 12.3. The van der Waals surface area contributed by atoms with E-state index in [0.29, 0.717) is 13.0 Å². The summed E-state index contributed by atoms with van der Waals surface area (Å²) in [5.41, 5.74) is 7.23. The summed E-state index contributed by atoms with van der Waals surface area (Å²) in [6.45, 7) is 3.86. The number of benzene rings is 1. The molecule has 3 N–H and O–H groups in total. The molecule has 0 saturated carbocycles. The van der Waals surface area contributed by atoms with Crippen LogP contribution in [0.5, 0.6) is 0 Å². The number of amides is 1. The first-order valence-electron chi connectivity index (χ1n) is 6.66. The number of aliphatic carboxylic acids is 1. The van der Waals surface area contributed by atoms with Crippen LogP contribution in [-0.4, -0.2) is 33.5 Å². The monoisotopic (exact) mass is 276 g/mol. The van der Waals surface area contributed by atoms with E-state index >= 15 is 0 Å². The summed E-state index contributed by atoms with van der Waals surface area (Å²) >= 11 is 0. The first-order valence-corrected chi connectivity index (χ1v) is 6.66. The van der Waals surface area contributed by atoms with Gasteiger partial charge in [0.1, 0.15) is 6.04 Å². The molecule has 108 valence electrons. The molecule has 1 atom stereocenters. The molecule has 0 saturated heterocycles. The Balaban J connectivity index is 2.27. The molecule has 20 heavy (non-hydrogen) atoms. The second kappa shape index (κ2) is 5.25. The van der Waals surface area contributed by atoms with E-state index in [9.17, 15) is 14.7 Å². The number of hydrogen-bond donors (Lipinski definition) is 2. The molecule has 5 nitrogen and oxygen atoms in total. The van der Waals surface area contributed by atoms with E-state index in [1.54, 1.807) is 13.8 Å². The van der Waals surface area contributed by atoms with Crippen molar-refractivity contribution in [3.63, 3.8) is 0 Å². The molecule has 0 radical (unpaired) electrons. The molecule has 1 aliphatic rings. The number of nitrogens with two attached hydrogens (primary N) is 1. The van der Waals surface area contributed by atoms with Crippen molar-refractivity contribution >= 4 is 11.9 Å². The Morgan fingerprint density at radius 2 is 1.95 bits per heavy atom. The largest absolute Gasteiger partial charge is 0.480 e. The van der Waals surface area contributed by atoms with E-state index in [1.807, 2.05) is 24.3 Å². The summed E-state index contributed by atoms with van der Waals surface area (Å²) in [5, 5.41) is 9.36. The third kappa shape index (κ3) is 3.17. The average molecular weight is 276 g/mol. The molecule has 0 aromatic heterocycles. The highest BCUT2D eigenvalue weighted by Gasteiger charge is 2.35. The first kappa shape index (κ1) is 14.5. The number of fused-ring (bicyclic) bond motifs is 1.